The summed E-state index contributed by atoms with van der Waals surface area (Å²) in [6.45, 7) is 3.30. The smallest absolute Gasteiger partial charge is 0.238 e. The topological polar surface area (TPSA) is 82.0 Å². The Morgan fingerprint density at radius 1 is 1.26 bits per heavy atom. The minimum absolute atomic E-state index is 0.125. The summed E-state index contributed by atoms with van der Waals surface area (Å²) in [6, 6.07) is 9.68. The van der Waals surface area contributed by atoms with Gasteiger partial charge in [-0.3, -0.25) is 9.59 Å². The van der Waals surface area contributed by atoms with E-state index in [9.17, 15) is 14.9 Å². The van der Waals surface area contributed by atoms with Crippen LogP contribution >= 0.6 is 23.1 Å². The molecule has 140 valence electrons. The van der Waals surface area contributed by atoms with Gasteiger partial charge in [0.15, 0.2) is 0 Å². The third-order valence-corrected chi connectivity index (χ3v) is 6.66. The molecule has 27 heavy (non-hydrogen) atoms. The standard InChI is InChI=1S/C20H21N3O2S2/c1-12(26-15-7-5-6-14(10-15)22-13(2)24)19(25)23-20-17(11-21)16-8-3-4-9-18(16)27-20/h5-7,10,12H,3-4,8-9H2,1-2H3,(H,22,24)(H,23,25). The minimum Gasteiger partial charge on any atom is -0.326 e. The van der Waals surface area contributed by atoms with Crippen molar-refractivity contribution in [2.45, 2.75) is 49.7 Å². The number of carbonyl (C=O) groups excluding carboxylic acids is 2. The highest BCUT2D eigenvalue weighted by Crippen LogP contribution is 2.38. The molecule has 1 heterocycles. The van der Waals surface area contributed by atoms with E-state index in [0.717, 1.165) is 36.1 Å². The maximum atomic E-state index is 12.7. The lowest BCUT2D eigenvalue weighted by atomic mass is 9.96. The van der Waals surface area contributed by atoms with Gasteiger partial charge in [-0.05, 0) is 56.4 Å². The molecule has 0 saturated carbocycles. The van der Waals surface area contributed by atoms with E-state index >= 15 is 0 Å². The van der Waals surface area contributed by atoms with Gasteiger partial charge in [-0.15, -0.1) is 23.1 Å². The van der Waals surface area contributed by atoms with E-state index < -0.39 is 0 Å². The second kappa shape index (κ2) is 8.59. The highest BCUT2D eigenvalue weighted by Gasteiger charge is 2.23. The highest BCUT2D eigenvalue weighted by molar-refractivity contribution is 8.00. The van der Waals surface area contributed by atoms with Crippen molar-refractivity contribution in [1.29, 1.82) is 5.26 Å². The maximum Gasteiger partial charge on any atom is 0.238 e. The fraction of sp³-hybridized carbons (Fsp3) is 0.350. The molecule has 1 aliphatic carbocycles. The van der Waals surface area contributed by atoms with Gasteiger partial charge in [-0.25, -0.2) is 0 Å². The Kier molecular flexibility index (Phi) is 6.19. The fourth-order valence-electron chi connectivity index (χ4n) is 3.09. The third-order valence-electron chi connectivity index (χ3n) is 4.36. The van der Waals surface area contributed by atoms with Crippen LogP contribution in [0.4, 0.5) is 10.7 Å². The summed E-state index contributed by atoms with van der Waals surface area (Å²) in [6.07, 6.45) is 4.15. The number of thiophene rings is 1. The molecule has 0 aliphatic heterocycles. The third kappa shape index (κ3) is 4.71. The lowest BCUT2D eigenvalue weighted by Crippen LogP contribution is -2.22. The average molecular weight is 400 g/mol. The molecular formula is C20H21N3O2S2. The number of fused-ring (bicyclic) bond motifs is 1. The summed E-state index contributed by atoms with van der Waals surface area (Å²) >= 11 is 2.96. The van der Waals surface area contributed by atoms with Gasteiger partial charge < -0.3 is 10.6 Å². The van der Waals surface area contributed by atoms with Crippen LogP contribution in [0.15, 0.2) is 29.2 Å². The molecule has 0 fully saturated rings. The molecule has 2 aromatic rings. The monoisotopic (exact) mass is 399 g/mol. The number of hydrogen-bond acceptors (Lipinski definition) is 5. The number of benzene rings is 1. The van der Waals surface area contributed by atoms with E-state index in [2.05, 4.69) is 16.7 Å². The van der Waals surface area contributed by atoms with Crippen LogP contribution in [-0.2, 0) is 22.4 Å². The summed E-state index contributed by atoms with van der Waals surface area (Å²) in [7, 11) is 0. The van der Waals surface area contributed by atoms with E-state index in [1.54, 1.807) is 0 Å². The number of hydrogen-bond donors (Lipinski definition) is 2. The Morgan fingerprint density at radius 3 is 2.78 bits per heavy atom. The van der Waals surface area contributed by atoms with E-state index in [-0.39, 0.29) is 17.1 Å². The first-order valence-corrected chi connectivity index (χ1v) is 10.6. The van der Waals surface area contributed by atoms with E-state index in [4.69, 9.17) is 0 Å². The zero-order chi connectivity index (χ0) is 19.4. The Morgan fingerprint density at radius 2 is 2.04 bits per heavy atom. The number of thioether (sulfide) groups is 1. The largest absolute Gasteiger partial charge is 0.326 e. The number of amides is 2. The number of nitrogens with one attached hydrogen (secondary N) is 2. The van der Waals surface area contributed by atoms with Crippen LogP contribution in [0.25, 0.3) is 0 Å². The number of rotatable bonds is 5. The van der Waals surface area contributed by atoms with Crippen LogP contribution in [0.3, 0.4) is 0 Å². The van der Waals surface area contributed by atoms with Crippen LogP contribution in [0.1, 0.15) is 42.7 Å². The molecule has 1 aliphatic rings. The van der Waals surface area contributed by atoms with Crippen LogP contribution in [-0.4, -0.2) is 17.1 Å². The van der Waals surface area contributed by atoms with Gasteiger partial charge in [0.2, 0.25) is 11.8 Å². The van der Waals surface area contributed by atoms with Crippen molar-refractivity contribution in [3.05, 3.63) is 40.3 Å². The van der Waals surface area contributed by atoms with Gasteiger partial charge in [0.05, 0.1) is 10.8 Å². The Hall–Kier alpha value is -2.30. The van der Waals surface area contributed by atoms with Gasteiger partial charge >= 0.3 is 0 Å². The lowest BCUT2D eigenvalue weighted by molar-refractivity contribution is -0.115. The quantitative estimate of drug-likeness (QED) is 0.721. The van der Waals surface area contributed by atoms with Crippen LogP contribution in [0.5, 0.6) is 0 Å². The SMILES string of the molecule is CC(=O)Nc1cccc(SC(C)C(=O)Nc2sc3c(c2C#N)CCCC3)c1. The zero-order valence-corrected chi connectivity index (χ0v) is 16.9. The van der Waals surface area contributed by atoms with E-state index in [1.165, 1.54) is 34.9 Å². The molecule has 1 aromatic heterocycles. The molecule has 0 spiro atoms. The van der Waals surface area contributed by atoms with Crippen molar-refractivity contribution in [2.75, 3.05) is 10.6 Å². The number of nitriles is 1. The normalized spacial score (nSPS) is 14.0. The Balaban J connectivity index is 1.69. The predicted octanol–water partition coefficient (Wildman–Crippen LogP) is 4.58. The van der Waals surface area contributed by atoms with Crippen molar-refractivity contribution < 1.29 is 9.59 Å². The molecule has 1 aromatic carbocycles. The first-order valence-electron chi connectivity index (χ1n) is 8.87. The van der Waals surface area contributed by atoms with Crippen molar-refractivity contribution in [3.8, 4) is 6.07 Å². The average Bonchev–Trinajstić information content (AvgIpc) is 2.98. The second-order valence-corrected chi connectivity index (χ2v) is 9.00. The molecule has 3 rings (SSSR count). The minimum atomic E-state index is -0.330. The Labute approximate surface area is 167 Å². The first-order chi connectivity index (χ1) is 13.0. The summed E-state index contributed by atoms with van der Waals surface area (Å²) in [5, 5.41) is 15.6. The van der Waals surface area contributed by atoms with Crippen LogP contribution in [0, 0.1) is 11.3 Å². The number of aryl methyl sites for hydroxylation is 1. The Bertz CT molecular complexity index is 914. The number of carbonyl (C=O) groups is 2. The van der Waals surface area contributed by atoms with Crippen molar-refractivity contribution in [1.82, 2.24) is 0 Å². The summed E-state index contributed by atoms with van der Waals surface area (Å²) in [5.41, 5.74) is 2.46. The molecule has 0 radical (unpaired) electrons. The van der Waals surface area contributed by atoms with Gasteiger partial charge in [0, 0.05) is 22.4 Å². The molecule has 7 heteroatoms. The molecule has 1 unspecified atom stereocenters. The summed E-state index contributed by atoms with van der Waals surface area (Å²) < 4.78 is 0. The number of anilines is 2. The molecule has 2 N–H and O–H groups in total. The van der Waals surface area contributed by atoms with Gasteiger partial charge in [0.1, 0.15) is 11.1 Å². The van der Waals surface area contributed by atoms with Gasteiger partial charge in [0.25, 0.3) is 0 Å². The molecule has 1 atom stereocenters. The lowest BCUT2D eigenvalue weighted by Gasteiger charge is -2.12. The number of nitrogens with zero attached hydrogens (tertiary/aromatic N) is 1. The predicted molar refractivity (Wildman–Crippen MR) is 110 cm³/mol. The second-order valence-electron chi connectivity index (χ2n) is 6.49. The van der Waals surface area contributed by atoms with Gasteiger partial charge in [-0.2, -0.15) is 5.26 Å². The van der Waals surface area contributed by atoms with E-state index in [0.29, 0.717) is 16.3 Å². The summed E-state index contributed by atoms with van der Waals surface area (Å²) in [4.78, 5) is 26.0. The molecule has 0 saturated heterocycles. The van der Waals surface area contributed by atoms with Crippen molar-refractivity contribution >= 4 is 45.6 Å². The maximum absolute atomic E-state index is 12.7. The molecule has 5 nitrogen and oxygen atoms in total. The van der Waals surface area contributed by atoms with Crippen LogP contribution in [0.2, 0.25) is 0 Å². The molecule has 0 bridgehead atoms. The van der Waals surface area contributed by atoms with Crippen molar-refractivity contribution in [3.63, 3.8) is 0 Å². The van der Waals surface area contributed by atoms with E-state index in [1.807, 2.05) is 31.2 Å². The zero-order valence-electron chi connectivity index (χ0n) is 15.3. The summed E-state index contributed by atoms with van der Waals surface area (Å²) in [5.74, 6) is -0.256. The van der Waals surface area contributed by atoms with Crippen molar-refractivity contribution in [2.24, 2.45) is 0 Å². The van der Waals surface area contributed by atoms with Crippen LogP contribution < -0.4 is 10.6 Å². The first kappa shape index (κ1) is 19.5. The van der Waals surface area contributed by atoms with Gasteiger partial charge in [-0.1, -0.05) is 6.07 Å². The molecular weight excluding hydrogens is 378 g/mol. The highest BCUT2D eigenvalue weighted by atomic mass is 32.2. The fourth-order valence-corrected chi connectivity index (χ4v) is 5.26. The molecule has 2 amide bonds.